The Labute approximate surface area is 179 Å². The molecular weight excluding hydrogens is 457 g/mol. The van der Waals surface area contributed by atoms with Gasteiger partial charge in [0.05, 0.1) is 19.5 Å². The van der Waals surface area contributed by atoms with Gasteiger partial charge in [-0.25, -0.2) is 19.5 Å². The van der Waals surface area contributed by atoms with Crippen molar-refractivity contribution in [3.8, 4) is 0 Å². The molecule has 0 aliphatic carbocycles. The second kappa shape index (κ2) is 8.85. The summed E-state index contributed by atoms with van der Waals surface area (Å²) in [6.45, 7) is -1.28. The van der Waals surface area contributed by atoms with Gasteiger partial charge in [-0.3, -0.25) is 9.09 Å². The first-order valence-electron chi connectivity index (χ1n) is 9.35. The summed E-state index contributed by atoms with van der Waals surface area (Å²) < 4.78 is 33.3. The Bertz CT molecular complexity index is 1000. The van der Waals surface area contributed by atoms with Crippen molar-refractivity contribution in [1.29, 1.82) is 0 Å². The molecule has 0 radical (unpaired) electrons. The fourth-order valence-corrected chi connectivity index (χ4v) is 3.93. The highest BCUT2D eigenvalue weighted by Crippen LogP contribution is 2.39. The number of aliphatic hydroxyl groups excluding tert-OH is 4. The van der Waals surface area contributed by atoms with Crippen LogP contribution in [-0.2, 0) is 23.3 Å². The van der Waals surface area contributed by atoms with Crippen molar-refractivity contribution >= 4 is 24.8 Å². The molecule has 0 unspecified atom stereocenters. The number of nitrogens with zero attached hydrogens (tertiary/aromatic N) is 4. The van der Waals surface area contributed by atoms with Crippen LogP contribution in [0.15, 0.2) is 12.7 Å². The second-order valence-corrected chi connectivity index (χ2v) is 8.47. The van der Waals surface area contributed by atoms with E-state index in [0.717, 1.165) is 0 Å². The van der Waals surface area contributed by atoms with Crippen molar-refractivity contribution in [2.45, 2.75) is 49.1 Å². The van der Waals surface area contributed by atoms with Crippen LogP contribution in [0.5, 0.6) is 0 Å². The highest BCUT2D eigenvalue weighted by Gasteiger charge is 2.51. The number of fused-ring (bicyclic) bond motifs is 1. The molecule has 0 aromatic carbocycles. The number of hydrogen-bond donors (Lipinski definition) is 7. The predicted molar refractivity (Wildman–Crippen MR) is 100 cm³/mol. The van der Waals surface area contributed by atoms with E-state index in [0.29, 0.717) is 0 Å². The van der Waals surface area contributed by atoms with E-state index in [2.05, 4.69) is 19.5 Å². The maximum absolute atomic E-state index is 10.9. The summed E-state index contributed by atoms with van der Waals surface area (Å²) in [6.07, 6.45) is -8.36. The molecule has 2 aromatic heterocycles. The van der Waals surface area contributed by atoms with Crippen molar-refractivity contribution in [3.63, 3.8) is 0 Å². The largest absolute Gasteiger partial charge is 0.469 e. The van der Waals surface area contributed by atoms with Gasteiger partial charge in [0.1, 0.15) is 48.5 Å². The number of ether oxygens (including phenoxy) is 3. The van der Waals surface area contributed by atoms with Gasteiger partial charge in [-0.05, 0) is 0 Å². The summed E-state index contributed by atoms with van der Waals surface area (Å²) >= 11 is 0. The topological polar surface area (TPSA) is 245 Å². The van der Waals surface area contributed by atoms with E-state index in [1.165, 1.54) is 17.2 Å². The van der Waals surface area contributed by atoms with E-state index in [1.807, 2.05) is 0 Å². The number of aliphatic hydroxyl groups is 4. The van der Waals surface area contributed by atoms with Gasteiger partial charge in [0.2, 0.25) is 0 Å². The predicted octanol–water partition coefficient (Wildman–Crippen LogP) is -3.40. The van der Waals surface area contributed by atoms with Crippen LogP contribution in [0.25, 0.3) is 11.2 Å². The van der Waals surface area contributed by atoms with E-state index in [-0.39, 0.29) is 17.0 Å². The zero-order chi connectivity index (χ0) is 23.2. The van der Waals surface area contributed by atoms with Crippen molar-refractivity contribution in [3.05, 3.63) is 12.7 Å². The Morgan fingerprint density at radius 3 is 2.53 bits per heavy atom. The lowest BCUT2D eigenvalue weighted by Crippen LogP contribution is -2.42. The molecule has 8 N–H and O–H groups in total. The Morgan fingerprint density at radius 2 is 1.84 bits per heavy atom. The first-order chi connectivity index (χ1) is 15.1. The van der Waals surface area contributed by atoms with Gasteiger partial charge in [-0.1, -0.05) is 0 Å². The van der Waals surface area contributed by atoms with E-state index < -0.39 is 70.2 Å². The van der Waals surface area contributed by atoms with Crippen molar-refractivity contribution in [2.24, 2.45) is 0 Å². The molecule has 2 fully saturated rings. The molecule has 8 atom stereocenters. The van der Waals surface area contributed by atoms with Crippen LogP contribution >= 0.6 is 7.82 Å². The number of phosphoric acid groups is 1. The fraction of sp³-hybridized carbons (Fsp3) is 0.667. The summed E-state index contributed by atoms with van der Waals surface area (Å²) in [5.74, 6) is 0.106. The normalized spacial score (nSPS) is 35.7. The van der Waals surface area contributed by atoms with Gasteiger partial charge in [0.25, 0.3) is 0 Å². The minimum Gasteiger partial charge on any atom is -0.394 e. The maximum Gasteiger partial charge on any atom is 0.469 e. The quantitative estimate of drug-likeness (QED) is 0.191. The third kappa shape index (κ3) is 4.35. The molecule has 0 amide bonds. The van der Waals surface area contributed by atoms with Crippen LogP contribution < -0.4 is 5.73 Å². The summed E-state index contributed by atoms with van der Waals surface area (Å²) in [7, 11) is -4.84. The molecule has 4 heterocycles. The highest BCUT2D eigenvalue weighted by atomic mass is 31.2. The summed E-state index contributed by atoms with van der Waals surface area (Å²) in [4.78, 5) is 29.7. The van der Waals surface area contributed by atoms with Gasteiger partial charge < -0.3 is 50.2 Å². The molecule has 0 spiro atoms. The summed E-state index contributed by atoms with van der Waals surface area (Å²) in [5.41, 5.74) is 6.30. The third-order valence-corrected chi connectivity index (χ3v) is 5.66. The summed E-state index contributed by atoms with van der Waals surface area (Å²) in [5, 5.41) is 40.5. The molecule has 178 valence electrons. The van der Waals surface area contributed by atoms with E-state index >= 15 is 0 Å². The average molecular weight is 479 g/mol. The Balaban J connectivity index is 1.56. The van der Waals surface area contributed by atoms with Crippen molar-refractivity contribution in [1.82, 2.24) is 19.5 Å². The van der Waals surface area contributed by atoms with Crippen LogP contribution in [0.3, 0.4) is 0 Å². The van der Waals surface area contributed by atoms with E-state index in [9.17, 15) is 25.0 Å². The molecule has 16 nitrogen and oxygen atoms in total. The lowest BCUT2D eigenvalue weighted by molar-refractivity contribution is -0.219. The zero-order valence-corrected chi connectivity index (χ0v) is 17.1. The lowest BCUT2D eigenvalue weighted by Gasteiger charge is -2.26. The maximum atomic E-state index is 10.9. The number of nitrogen functional groups attached to an aromatic ring is 1. The van der Waals surface area contributed by atoms with Crippen LogP contribution in [0.2, 0.25) is 0 Å². The number of nitrogens with two attached hydrogens (primary N) is 1. The molecular formula is C15H22N5O11P. The first kappa shape index (κ1) is 23.3. The van der Waals surface area contributed by atoms with Crippen LogP contribution in [0, 0.1) is 0 Å². The summed E-state index contributed by atoms with van der Waals surface area (Å²) in [6, 6.07) is 0. The molecule has 0 bridgehead atoms. The molecule has 2 aliphatic rings. The number of aromatic nitrogens is 4. The number of imidazole rings is 1. The van der Waals surface area contributed by atoms with Gasteiger partial charge in [0, 0.05) is 0 Å². The van der Waals surface area contributed by atoms with E-state index in [4.69, 9.17) is 29.7 Å². The van der Waals surface area contributed by atoms with Gasteiger partial charge in [-0.2, -0.15) is 0 Å². The number of hydrogen-bond acceptors (Lipinski definition) is 13. The number of phosphoric ester groups is 1. The fourth-order valence-electron chi connectivity index (χ4n) is 3.59. The molecule has 0 saturated carbocycles. The SMILES string of the molecule is Nc1ncnc2c1ncn2[C@@H]1O[C@H](CO)[C@@H](O)[C@H]1O[C@@H]1O[C@H](COP(=O)(O)O)[C@@H](O)[C@H]1O. The monoisotopic (exact) mass is 479 g/mol. The van der Waals surface area contributed by atoms with Gasteiger partial charge >= 0.3 is 7.82 Å². The van der Waals surface area contributed by atoms with E-state index in [1.54, 1.807) is 0 Å². The lowest BCUT2D eigenvalue weighted by atomic mass is 10.1. The second-order valence-electron chi connectivity index (χ2n) is 7.23. The molecule has 32 heavy (non-hydrogen) atoms. The van der Waals surface area contributed by atoms with Gasteiger partial charge in [-0.15, -0.1) is 0 Å². The molecule has 2 aromatic rings. The molecule has 17 heteroatoms. The average Bonchev–Trinajstić information content (AvgIpc) is 3.38. The number of anilines is 1. The van der Waals surface area contributed by atoms with Crippen molar-refractivity contribution in [2.75, 3.05) is 18.9 Å². The smallest absolute Gasteiger partial charge is 0.394 e. The standard InChI is InChI=1S/C15H22N5O11P/c16-12-7-13(18-3-17-12)20(4-19-7)14-11(9(23)5(1-21)29-14)31-15-10(24)8(22)6(30-15)2-28-32(25,26)27/h3-6,8-11,14-15,21-24H,1-2H2,(H2,16,17,18)(H2,25,26,27)/t5-,6-,8-,9-,10-,11-,14-,15+/m1/s1. The first-order valence-corrected chi connectivity index (χ1v) is 10.9. The van der Waals surface area contributed by atoms with Crippen molar-refractivity contribution < 1.29 is 53.5 Å². The Kier molecular flexibility index (Phi) is 6.45. The Morgan fingerprint density at radius 1 is 1.09 bits per heavy atom. The molecule has 4 rings (SSSR count). The zero-order valence-electron chi connectivity index (χ0n) is 16.2. The third-order valence-electron chi connectivity index (χ3n) is 5.17. The highest BCUT2D eigenvalue weighted by molar-refractivity contribution is 7.46. The minimum absolute atomic E-state index is 0.106. The van der Waals surface area contributed by atoms with Crippen LogP contribution in [-0.4, -0.2) is 106 Å². The minimum atomic E-state index is -4.84. The number of rotatable bonds is 7. The Hall–Kier alpha value is -1.82. The van der Waals surface area contributed by atoms with Crippen LogP contribution in [0.4, 0.5) is 5.82 Å². The molecule has 2 aliphatic heterocycles. The molecule has 2 saturated heterocycles. The van der Waals surface area contributed by atoms with Crippen LogP contribution in [0.1, 0.15) is 6.23 Å². The van der Waals surface area contributed by atoms with Gasteiger partial charge in [0.15, 0.2) is 24.0 Å².